The molecule has 1 aromatic rings. The molecule has 2 N–H and O–H groups in total. The van der Waals surface area contributed by atoms with Crippen molar-refractivity contribution in [1.29, 1.82) is 0 Å². The van der Waals surface area contributed by atoms with E-state index in [4.69, 9.17) is 0 Å². The molecule has 1 unspecified atom stereocenters. The highest BCUT2D eigenvalue weighted by Gasteiger charge is 2.28. The minimum atomic E-state index is -2.83. The fourth-order valence-electron chi connectivity index (χ4n) is 1.94. The van der Waals surface area contributed by atoms with Crippen LogP contribution >= 0.6 is 0 Å². The Bertz CT molecular complexity index is 447. The second-order valence-corrected chi connectivity index (χ2v) is 4.98. The second-order valence-electron chi connectivity index (χ2n) is 4.98. The molecule has 0 saturated heterocycles. The summed E-state index contributed by atoms with van der Waals surface area (Å²) in [6, 6.07) is 6.17. The fraction of sp³-hybridized carbons (Fsp3) is 0.500. The maximum absolute atomic E-state index is 12.0. The Labute approximate surface area is 116 Å². The monoisotopic (exact) mass is 284 g/mol. The summed E-state index contributed by atoms with van der Waals surface area (Å²) < 4.78 is 28.2. The van der Waals surface area contributed by atoms with Gasteiger partial charge in [0.15, 0.2) is 0 Å². The van der Waals surface area contributed by atoms with Crippen LogP contribution in [-0.2, 0) is 6.54 Å². The quantitative estimate of drug-likeness (QED) is 0.844. The van der Waals surface area contributed by atoms with E-state index >= 15 is 0 Å². The van der Waals surface area contributed by atoms with E-state index in [1.165, 1.54) is 25.0 Å². The van der Waals surface area contributed by atoms with Crippen molar-refractivity contribution >= 4 is 6.03 Å². The zero-order valence-corrected chi connectivity index (χ0v) is 11.2. The van der Waals surface area contributed by atoms with Crippen LogP contribution in [-0.4, -0.2) is 18.7 Å². The number of benzene rings is 1. The number of nitrogens with one attached hydrogen (secondary N) is 2. The number of alkyl halides is 2. The van der Waals surface area contributed by atoms with Crippen molar-refractivity contribution in [3.8, 4) is 5.75 Å². The minimum Gasteiger partial charge on any atom is -0.435 e. The molecule has 20 heavy (non-hydrogen) atoms. The van der Waals surface area contributed by atoms with Crippen LogP contribution in [0, 0.1) is 5.92 Å². The topological polar surface area (TPSA) is 50.4 Å². The predicted molar refractivity (Wildman–Crippen MR) is 70.6 cm³/mol. The number of urea groups is 1. The van der Waals surface area contributed by atoms with Gasteiger partial charge in [-0.2, -0.15) is 8.78 Å². The van der Waals surface area contributed by atoms with E-state index in [0.717, 1.165) is 5.56 Å². The summed E-state index contributed by atoms with van der Waals surface area (Å²) in [4.78, 5) is 11.6. The van der Waals surface area contributed by atoms with E-state index in [1.807, 2.05) is 6.92 Å². The lowest BCUT2D eigenvalue weighted by atomic mass is 10.2. The fourth-order valence-corrected chi connectivity index (χ4v) is 1.94. The van der Waals surface area contributed by atoms with Gasteiger partial charge < -0.3 is 15.4 Å². The first kappa shape index (κ1) is 14.6. The normalized spacial score (nSPS) is 15.8. The van der Waals surface area contributed by atoms with E-state index in [1.54, 1.807) is 12.1 Å². The van der Waals surface area contributed by atoms with E-state index in [9.17, 15) is 13.6 Å². The predicted octanol–water partition coefficient (Wildman–Crippen LogP) is 2.89. The average molecular weight is 284 g/mol. The lowest BCUT2D eigenvalue weighted by Gasteiger charge is -2.13. The van der Waals surface area contributed by atoms with Gasteiger partial charge in [-0.25, -0.2) is 4.79 Å². The number of rotatable bonds is 6. The first-order valence-electron chi connectivity index (χ1n) is 6.62. The number of hydrogen-bond acceptors (Lipinski definition) is 2. The molecule has 0 spiro atoms. The molecule has 1 aliphatic rings. The second kappa shape index (κ2) is 6.54. The molecule has 6 heteroatoms. The van der Waals surface area contributed by atoms with E-state index in [-0.39, 0.29) is 17.8 Å². The van der Waals surface area contributed by atoms with Gasteiger partial charge in [-0.05, 0) is 43.4 Å². The Morgan fingerprint density at radius 2 is 2.00 bits per heavy atom. The van der Waals surface area contributed by atoms with E-state index in [0.29, 0.717) is 12.5 Å². The lowest BCUT2D eigenvalue weighted by Crippen LogP contribution is -2.41. The highest BCUT2D eigenvalue weighted by Crippen LogP contribution is 2.32. The van der Waals surface area contributed by atoms with Gasteiger partial charge in [-0.1, -0.05) is 12.1 Å². The van der Waals surface area contributed by atoms with Crippen molar-refractivity contribution in [3.63, 3.8) is 0 Å². The third kappa shape index (κ3) is 4.68. The first-order chi connectivity index (χ1) is 9.54. The molecule has 1 aliphatic carbocycles. The molecular formula is C14H18F2N2O2. The summed E-state index contributed by atoms with van der Waals surface area (Å²) in [6.07, 6.45) is 2.35. The van der Waals surface area contributed by atoms with Crippen molar-refractivity contribution in [2.45, 2.75) is 39.0 Å². The summed E-state index contributed by atoms with van der Waals surface area (Å²) in [6.45, 7) is -0.486. The van der Waals surface area contributed by atoms with Gasteiger partial charge in [-0.3, -0.25) is 0 Å². The largest absolute Gasteiger partial charge is 0.435 e. The summed E-state index contributed by atoms with van der Waals surface area (Å²) in [7, 11) is 0. The van der Waals surface area contributed by atoms with Crippen LogP contribution in [0.1, 0.15) is 25.3 Å². The van der Waals surface area contributed by atoms with Crippen molar-refractivity contribution in [2.75, 3.05) is 0 Å². The summed E-state index contributed by atoms with van der Waals surface area (Å²) in [5.74, 6) is 0.710. The van der Waals surface area contributed by atoms with Crippen LogP contribution in [0.5, 0.6) is 5.75 Å². The van der Waals surface area contributed by atoms with Crippen LogP contribution in [0.2, 0.25) is 0 Å². The third-order valence-corrected chi connectivity index (χ3v) is 3.29. The van der Waals surface area contributed by atoms with E-state index < -0.39 is 6.61 Å². The molecule has 110 valence electrons. The Balaban J connectivity index is 1.74. The van der Waals surface area contributed by atoms with E-state index in [2.05, 4.69) is 15.4 Å². The molecular weight excluding hydrogens is 266 g/mol. The summed E-state index contributed by atoms with van der Waals surface area (Å²) in [5.41, 5.74) is 0.820. The maximum Gasteiger partial charge on any atom is 0.387 e. The minimum absolute atomic E-state index is 0.107. The SMILES string of the molecule is CC(NC(=O)NCc1ccc(OC(F)F)cc1)C1CC1. The van der Waals surface area contributed by atoms with Crippen molar-refractivity contribution in [2.24, 2.45) is 5.92 Å². The molecule has 4 nitrogen and oxygen atoms in total. The van der Waals surface area contributed by atoms with Gasteiger partial charge in [0.2, 0.25) is 0 Å². The summed E-state index contributed by atoms with van der Waals surface area (Å²) in [5, 5.41) is 5.61. The molecule has 0 radical (unpaired) electrons. The van der Waals surface area contributed by atoms with Gasteiger partial charge in [0, 0.05) is 12.6 Å². The van der Waals surface area contributed by atoms with Gasteiger partial charge in [0.1, 0.15) is 5.75 Å². The first-order valence-corrected chi connectivity index (χ1v) is 6.62. The molecule has 2 amide bonds. The Kier molecular flexibility index (Phi) is 4.76. The molecule has 0 bridgehead atoms. The zero-order chi connectivity index (χ0) is 14.5. The molecule has 0 aliphatic heterocycles. The molecule has 1 fully saturated rings. The molecule has 0 aromatic heterocycles. The van der Waals surface area contributed by atoms with Crippen LogP contribution in [0.25, 0.3) is 0 Å². The van der Waals surface area contributed by atoms with Crippen LogP contribution in [0.15, 0.2) is 24.3 Å². The number of carbonyl (C=O) groups is 1. The Hall–Kier alpha value is -1.85. The average Bonchev–Trinajstić information content (AvgIpc) is 3.21. The highest BCUT2D eigenvalue weighted by molar-refractivity contribution is 5.74. The summed E-state index contributed by atoms with van der Waals surface area (Å²) >= 11 is 0. The Morgan fingerprint density at radius 1 is 1.35 bits per heavy atom. The van der Waals surface area contributed by atoms with Crippen LogP contribution in [0.4, 0.5) is 13.6 Å². The van der Waals surface area contributed by atoms with Gasteiger partial charge in [-0.15, -0.1) is 0 Å². The molecule has 0 heterocycles. The molecule has 1 atom stereocenters. The van der Waals surface area contributed by atoms with Crippen molar-refractivity contribution in [3.05, 3.63) is 29.8 Å². The third-order valence-electron chi connectivity index (χ3n) is 3.29. The standard InChI is InChI=1S/C14H18F2N2O2/c1-9(11-4-5-11)18-14(19)17-8-10-2-6-12(7-3-10)20-13(15)16/h2-3,6-7,9,11,13H,4-5,8H2,1H3,(H2,17,18,19). The van der Waals surface area contributed by atoms with Gasteiger partial charge >= 0.3 is 12.6 Å². The number of amides is 2. The van der Waals surface area contributed by atoms with Crippen molar-refractivity contribution < 1.29 is 18.3 Å². The molecule has 2 rings (SSSR count). The number of ether oxygens (including phenoxy) is 1. The van der Waals surface area contributed by atoms with Gasteiger partial charge in [0.05, 0.1) is 0 Å². The number of hydrogen-bond donors (Lipinski definition) is 2. The number of carbonyl (C=O) groups excluding carboxylic acids is 1. The maximum atomic E-state index is 12.0. The molecule has 1 aromatic carbocycles. The smallest absolute Gasteiger partial charge is 0.387 e. The zero-order valence-electron chi connectivity index (χ0n) is 11.2. The number of halogens is 2. The molecule has 1 saturated carbocycles. The van der Waals surface area contributed by atoms with Gasteiger partial charge in [0.25, 0.3) is 0 Å². The van der Waals surface area contributed by atoms with Crippen molar-refractivity contribution in [1.82, 2.24) is 10.6 Å². The Morgan fingerprint density at radius 3 is 2.55 bits per heavy atom. The highest BCUT2D eigenvalue weighted by atomic mass is 19.3. The lowest BCUT2D eigenvalue weighted by molar-refractivity contribution is -0.0498. The van der Waals surface area contributed by atoms with Crippen LogP contribution in [0.3, 0.4) is 0 Å². The van der Waals surface area contributed by atoms with Crippen LogP contribution < -0.4 is 15.4 Å².